The van der Waals surface area contributed by atoms with Gasteiger partial charge < -0.3 is 20.6 Å². The molecule has 1 aromatic carbocycles. The molecule has 2 aliphatic heterocycles. The third-order valence-electron chi connectivity index (χ3n) is 5.82. The van der Waals surface area contributed by atoms with E-state index in [1.807, 2.05) is 6.07 Å². The van der Waals surface area contributed by atoms with Gasteiger partial charge in [-0.1, -0.05) is 24.3 Å². The molecule has 3 N–H and O–H groups in total. The molecular weight excluding hydrogens is 432 g/mol. The van der Waals surface area contributed by atoms with E-state index < -0.39 is 6.10 Å². The fourth-order valence-corrected chi connectivity index (χ4v) is 4.02. The van der Waals surface area contributed by atoms with Crippen molar-refractivity contribution >= 4 is 30.0 Å². The van der Waals surface area contributed by atoms with Gasteiger partial charge in [0.2, 0.25) is 5.91 Å². The van der Waals surface area contributed by atoms with E-state index in [4.69, 9.17) is 0 Å². The summed E-state index contributed by atoms with van der Waals surface area (Å²) in [5.74, 6) is 0.121. The molecule has 2 aromatic rings. The number of aromatic nitrogens is 2. The maximum Gasteiger partial charge on any atom is 0.270 e. The Balaban J connectivity index is 0.00000289. The van der Waals surface area contributed by atoms with Crippen molar-refractivity contribution in [2.24, 2.45) is 0 Å². The molecule has 3 heterocycles. The first kappa shape index (κ1) is 23.9. The van der Waals surface area contributed by atoms with Crippen LogP contribution in [0.25, 0.3) is 0 Å². The van der Waals surface area contributed by atoms with Crippen LogP contribution in [0.4, 0.5) is 5.82 Å². The minimum Gasteiger partial charge on any atom is -0.390 e. The molecule has 0 radical (unpaired) electrons. The number of anilines is 1. The Labute approximate surface area is 193 Å². The van der Waals surface area contributed by atoms with Crippen molar-refractivity contribution in [1.82, 2.24) is 25.1 Å². The summed E-state index contributed by atoms with van der Waals surface area (Å²) in [5.41, 5.74) is 2.87. The van der Waals surface area contributed by atoms with Crippen LogP contribution in [0, 0.1) is 0 Å². The van der Waals surface area contributed by atoms with Crippen molar-refractivity contribution in [2.45, 2.75) is 38.6 Å². The number of hydrogen-bond acceptors (Lipinski definition) is 7. The molecule has 1 saturated heterocycles. The van der Waals surface area contributed by atoms with Crippen LogP contribution in [-0.4, -0.2) is 75.1 Å². The molecule has 4 rings (SSSR count). The van der Waals surface area contributed by atoms with Crippen molar-refractivity contribution in [3.05, 3.63) is 53.5 Å². The first-order valence-corrected chi connectivity index (χ1v) is 10.6. The summed E-state index contributed by atoms with van der Waals surface area (Å²) in [6.07, 6.45) is 2.33. The second-order valence-corrected chi connectivity index (χ2v) is 8.07. The highest BCUT2D eigenvalue weighted by molar-refractivity contribution is 5.92. The lowest BCUT2D eigenvalue weighted by molar-refractivity contribution is -0.135. The minimum atomic E-state index is -0.673. The van der Waals surface area contributed by atoms with Crippen LogP contribution in [0.15, 0.2) is 36.7 Å². The number of likely N-dealkylation sites (tertiary alicyclic amines) is 1. The standard InChI is InChI=1S/C22H28N6O3.ClH/c1-15(29)28-9-7-21(28)26-20-10-19(24-14-25-20)22(31)23-11-18(30)13-27-8-6-16-4-2-3-5-17(16)12-27;/h2-5,10,14,18,21,30H,6-9,11-13H2,1H3,(H,23,31)(H,24,25,26);1H/t18-,21?;/m0./s1. The number of halogens is 1. The smallest absolute Gasteiger partial charge is 0.270 e. The molecule has 0 bridgehead atoms. The molecule has 1 fully saturated rings. The van der Waals surface area contributed by atoms with E-state index in [0.29, 0.717) is 18.9 Å². The number of aliphatic hydroxyl groups excluding tert-OH is 1. The van der Waals surface area contributed by atoms with Gasteiger partial charge in [0.1, 0.15) is 24.0 Å². The topological polar surface area (TPSA) is 111 Å². The molecule has 172 valence electrons. The van der Waals surface area contributed by atoms with Crippen molar-refractivity contribution < 1.29 is 14.7 Å². The molecule has 0 spiro atoms. The molecule has 2 aliphatic rings. The van der Waals surface area contributed by atoms with Gasteiger partial charge in [-0.3, -0.25) is 14.5 Å². The largest absolute Gasteiger partial charge is 0.390 e. The lowest BCUT2D eigenvalue weighted by atomic mass is 10.00. The molecular formula is C22H29ClN6O3. The average molecular weight is 461 g/mol. The number of β-amino-alcohol motifs (C(OH)–C–C–N with tert-alkyl or cyclic N) is 1. The zero-order chi connectivity index (χ0) is 21.8. The fraction of sp³-hybridized carbons (Fsp3) is 0.455. The maximum absolute atomic E-state index is 12.5. The monoisotopic (exact) mass is 460 g/mol. The Bertz CT molecular complexity index is 959. The number of benzene rings is 1. The number of amides is 2. The molecule has 1 aromatic heterocycles. The summed E-state index contributed by atoms with van der Waals surface area (Å²) >= 11 is 0. The summed E-state index contributed by atoms with van der Waals surface area (Å²) in [4.78, 5) is 36.1. The van der Waals surface area contributed by atoms with Gasteiger partial charge in [-0.2, -0.15) is 0 Å². The lowest BCUT2D eigenvalue weighted by Crippen LogP contribution is -2.54. The second-order valence-electron chi connectivity index (χ2n) is 8.07. The van der Waals surface area contributed by atoms with Gasteiger partial charge in [-0.05, 0) is 17.5 Å². The Kier molecular flexibility index (Phi) is 8.00. The fourth-order valence-electron chi connectivity index (χ4n) is 4.02. The van der Waals surface area contributed by atoms with E-state index in [9.17, 15) is 14.7 Å². The molecule has 9 nitrogen and oxygen atoms in total. The number of rotatable bonds is 7. The first-order chi connectivity index (χ1) is 15.0. The number of carbonyl (C=O) groups excluding carboxylic acids is 2. The lowest BCUT2D eigenvalue weighted by Gasteiger charge is -2.40. The van der Waals surface area contributed by atoms with Crippen LogP contribution in [0.3, 0.4) is 0 Å². The van der Waals surface area contributed by atoms with Crippen LogP contribution in [-0.2, 0) is 17.8 Å². The zero-order valence-corrected chi connectivity index (χ0v) is 18.8. The average Bonchev–Trinajstić information content (AvgIpc) is 2.75. The summed E-state index contributed by atoms with van der Waals surface area (Å²) in [7, 11) is 0. The van der Waals surface area contributed by atoms with Crippen LogP contribution >= 0.6 is 12.4 Å². The highest BCUT2D eigenvalue weighted by Gasteiger charge is 2.30. The highest BCUT2D eigenvalue weighted by Crippen LogP contribution is 2.20. The number of hydrogen-bond donors (Lipinski definition) is 3. The summed E-state index contributed by atoms with van der Waals surface area (Å²) in [6, 6.07) is 9.91. The third kappa shape index (κ3) is 5.73. The summed E-state index contributed by atoms with van der Waals surface area (Å²) in [5, 5.41) is 16.3. The normalized spacial score (nSPS) is 18.6. The highest BCUT2D eigenvalue weighted by atomic mass is 35.5. The Hall–Kier alpha value is -2.75. The quantitative estimate of drug-likeness (QED) is 0.566. The van der Waals surface area contributed by atoms with Crippen molar-refractivity contribution in [2.75, 3.05) is 31.5 Å². The van der Waals surface area contributed by atoms with Crippen molar-refractivity contribution in [3.63, 3.8) is 0 Å². The summed E-state index contributed by atoms with van der Waals surface area (Å²) in [6.45, 7) is 4.58. The number of aliphatic hydroxyl groups is 1. The number of nitrogens with zero attached hydrogens (tertiary/aromatic N) is 4. The Morgan fingerprint density at radius 1 is 1.22 bits per heavy atom. The zero-order valence-electron chi connectivity index (χ0n) is 18.0. The van der Waals surface area contributed by atoms with Gasteiger partial charge in [-0.15, -0.1) is 12.4 Å². The predicted molar refractivity (Wildman–Crippen MR) is 122 cm³/mol. The SMILES string of the molecule is CC(=O)N1CCC1Nc1cc(C(=O)NC[C@H](O)CN2CCc3ccccc3C2)ncn1.Cl. The van der Waals surface area contributed by atoms with Crippen LogP contribution < -0.4 is 10.6 Å². The van der Waals surface area contributed by atoms with E-state index >= 15 is 0 Å². The molecule has 0 saturated carbocycles. The van der Waals surface area contributed by atoms with Gasteiger partial charge in [0.25, 0.3) is 5.91 Å². The van der Waals surface area contributed by atoms with Crippen LogP contribution in [0.2, 0.25) is 0 Å². The molecule has 2 amide bonds. The first-order valence-electron chi connectivity index (χ1n) is 10.6. The van der Waals surface area contributed by atoms with E-state index in [0.717, 1.165) is 25.9 Å². The predicted octanol–water partition coefficient (Wildman–Crippen LogP) is 1.04. The number of nitrogens with one attached hydrogen (secondary N) is 2. The van der Waals surface area contributed by atoms with Gasteiger partial charge in [0.05, 0.1) is 6.10 Å². The number of carbonyl (C=O) groups is 2. The van der Waals surface area contributed by atoms with Crippen LogP contribution in [0.1, 0.15) is 35.0 Å². The van der Waals surface area contributed by atoms with E-state index in [1.165, 1.54) is 24.4 Å². The summed E-state index contributed by atoms with van der Waals surface area (Å²) < 4.78 is 0. The molecule has 2 atom stereocenters. The molecule has 32 heavy (non-hydrogen) atoms. The van der Waals surface area contributed by atoms with E-state index in [-0.39, 0.29) is 42.6 Å². The molecule has 0 aliphatic carbocycles. The molecule has 1 unspecified atom stereocenters. The Morgan fingerprint density at radius 2 is 2.00 bits per heavy atom. The van der Waals surface area contributed by atoms with Gasteiger partial charge in [0.15, 0.2) is 0 Å². The van der Waals surface area contributed by atoms with Crippen molar-refractivity contribution in [1.29, 1.82) is 0 Å². The molecule has 10 heteroatoms. The third-order valence-corrected chi connectivity index (χ3v) is 5.82. The van der Waals surface area contributed by atoms with E-state index in [1.54, 1.807) is 11.0 Å². The van der Waals surface area contributed by atoms with Gasteiger partial charge in [-0.25, -0.2) is 9.97 Å². The van der Waals surface area contributed by atoms with E-state index in [2.05, 4.69) is 43.7 Å². The number of fused-ring (bicyclic) bond motifs is 1. The van der Waals surface area contributed by atoms with Crippen molar-refractivity contribution in [3.8, 4) is 0 Å². The van der Waals surface area contributed by atoms with Gasteiger partial charge in [0, 0.05) is 52.1 Å². The van der Waals surface area contributed by atoms with Crippen LogP contribution in [0.5, 0.6) is 0 Å². The maximum atomic E-state index is 12.5. The second kappa shape index (κ2) is 10.7. The van der Waals surface area contributed by atoms with Gasteiger partial charge >= 0.3 is 0 Å². The Morgan fingerprint density at radius 3 is 2.72 bits per heavy atom. The minimum absolute atomic E-state index is 0.